The van der Waals surface area contributed by atoms with Gasteiger partial charge in [0.2, 0.25) is 17.7 Å². The van der Waals surface area contributed by atoms with Gasteiger partial charge in [-0.2, -0.15) is 0 Å². The second-order valence-electron chi connectivity index (χ2n) is 10.6. The smallest absolute Gasteiger partial charge is 0.240 e. The van der Waals surface area contributed by atoms with Crippen LogP contribution in [0.1, 0.15) is 12.0 Å². The molecule has 172 valence electrons. The highest BCUT2D eigenvalue weighted by Crippen LogP contribution is 2.58. The molecule has 6 atom stereocenters. The third-order valence-electron chi connectivity index (χ3n) is 8.80. The van der Waals surface area contributed by atoms with Crippen molar-refractivity contribution in [3.8, 4) is 0 Å². The fourth-order valence-electron chi connectivity index (χ4n) is 7.57. The quantitative estimate of drug-likeness (QED) is 0.530. The van der Waals surface area contributed by atoms with Crippen molar-refractivity contribution in [1.82, 2.24) is 9.80 Å². The molecule has 0 unspecified atom stereocenters. The van der Waals surface area contributed by atoms with Gasteiger partial charge in [-0.3, -0.25) is 19.3 Å². The van der Waals surface area contributed by atoms with Crippen molar-refractivity contribution in [1.29, 1.82) is 0 Å². The fourth-order valence-corrected chi connectivity index (χ4v) is 7.57. The number of likely N-dealkylation sites (tertiary alicyclic amines) is 1. The highest BCUT2D eigenvalue weighted by atomic mass is 16.2. The van der Waals surface area contributed by atoms with Crippen molar-refractivity contribution in [3.05, 3.63) is 78.4 Å². The molecule has 0 N–H and O–H groups in total. The Hall–Kier alpha value is -3.25. The van der Waals surface area contributed by atoms with Gasteiger partial charge in [0.05, 0.1) is 29.0 Å². The number of carbonyl (C=O) groups is 3. The molecule has 34 heavy (non-hydrogen) atoms. The zero-order valence-electron chi connectivity index (χ0n) is 18.9. The van der Waals surface area contributed by atoms with Gasteiger partial charge >= 0.3 is 0 Å². The van der Waals surface area contributed by atoms with Crippen LogP contribution in [-0.2, 0) is 20.9 Å². The molecule has 2 aromatic rings. The topological polar surface area (TPSA) is 60.9 Å². The van der Waals surface area contributed by atoms with E-state index in [0.717, 1.165) is 26.1 Å². The third kappa shape index (κ3) is 2.57. The fraction of sp³-hybridized carbons (Fsp3) is 0.393. The first-order chi connectivity index (χ1) is 16.6. The predicted octanol–water partition coefficient (Wildman–Crippen LogP) is 2.71. The Balaban J connectivity index is 1.28. The molecule has 1 spiro atoms. The van der Waals surface area contributed by atoms with Gasteiger partial charge in [-0.15, -0.1) is 0 Å². The maximum Gasteiger partial charge on any atom is 0.240 e. The maximum atomic E-state index is 14.0. The molecule has 0 radical (unpaired) electrons. The number of rotatable bonds is 3. The van der Waals surface area contributed by atoms with Crippen molar-refractivity contribution in [2.75, 3.05) is 24.5 Å². The number of para-hydroxylation sites is 1. The van der Waals surface area contributed by atoms with Gasteiger partial charge in [0.25, 0.3) is 0 Å². The summed E-state index contributed by atoms with van der Waals surface area (Å²) in [6.07, 6.45) is 5.06. The molecule has 0 saturated carbocycles. The standard InChI is InChI=1S/C28H27N3O3/c32-25-22-11-12-28(24-23(22)26(33)31(27(24)34)21-9-5-2-6-10-21)20-13-19(16-30(25)28)15-29(17-20)14-18-7-3-1-4-8-18/h1-12,19-20,22-24H,13-17H2/t19-,20+,22-,23+,24-,28-/m0/s1. The van der Waals surface area contributed by atoms with E-state index < -0.39 is 23.3 Å². The molecule has 6 heteroatoms. The van der Waals surface area contributed by atoms with E-state index in [2.05, 4.69) is 35.2 Å². The summed E-state index contributed by atoms with van der Waals surface area (Å²) in [7, 11) is 0. The molecule has 1 aliphatic carbocycles. The molecule has 3 amide bonds. The Bertz CT molecular complexity index is 1210. The van der Waals surface area contributed by atoms with Gasteiger partial charge in [0, 0.05) is 26.2 Å². The van der Waals surface area contributed by atoms with Crippen LogP contribution < -0.4 is 4.90 Å². The predicted molar refractivity (Wildman–Crippen MR) is 126 cm³/mol. The van der Waals surface area contributed by atoms with Crippen molar-refractivity contribution in [3.63, 3.8) is 0 Å². The molecular weight excluding hydrogens is 426 g/mol. The summed E-state index contributed by atoms with van der Waals surface area (Å²) in [5, 5.41) is 0. The summed E-state index contributed by atoms with van der Waals surface area (Å²) in [5.41, 5.74) is 1.17. The lowest BCUT2D eigenvalue weighted by Crippen LogP contribution is -2.75. The molecule has 6 aliphatic rings. The second kappa shape index (κ2) is 7.12. The molecular formula is C28H27N3O3. The van der Waals surface area contributed by atoms with Gasteiger partial charge in [-0.1, -0.05) is 60.7 Å². The van der Waals surface area contributed by atoms with Crippen LogP contribution in [0.2, 0.25) is 0 Å². The number of hydrogen-bond acceptors (Lipinski definition) is 4. The monoisotopic (exact) mass is 453 g/mol. The largest absolute Gasteiger partial charge is 0.332 e. The number of hydrogen-bond donors (Lipinski definition) is 0. The van der Waals surface area contributed by atoms with Crippen LogP contribution >= 0.6 is 0 Å². The number of amides is 3. The van der Waals surface area contributed by atoms with Gasteiger partial charge in [-0.05, 0) is 36.0 Å². The first-order valence-corrected chi connectivity index (χ1v) is 12.3. The molecule has 8 rings (SSSR count). The number of nitrogens with zero attached hydrogens (tertiary/aromatic N) is 3. The van der Waals surface area contributed by atoms with E-state index in [1.54, 1.807) is 12.1 Å². The summed E-state index contributed by atoms with van der Waals surface area (Å²) in [4.78, 5) is 47.0. The average molecular weight is 454 g/mol. The van der Waals surface area contributed by atoms with E-state index >= 15 is 0 Å². The van der Waals surface area contributed by atoms with Crippen LogP contribution in [0, 0.1) is 29.6 Å². The molecule has 4 saturated heterocycles. The zero-order chi connectivity index (χ0) is 23.0. The Morgan fingerprint density at radius 1 is 0.824 bits per heavy atom. The lowest BCUT2D eigenvalue weighted by Gasteiger charge is -2.64. The minimum atomic E-state index is -0.710. The molecule has 4 bridgehead atoms. The summed E-state index contributed by atoms with van der Waals surface area (Å²) >= 11 is 0. The van der Waals surface area contributed by atoms with Crippen molar-refractivity contribution < 1.29 is 14.4 Å². The van der Waals surface area contributed by atoms with Crippen LogP contribution in [0.5, 0.6) is 0 Å². The van der Waals surface area contributed by atoms with Gasteiger partial charge in [-0.25, -0.2) is 4.90 Å². The number of imide groups is 1. The highest BCUT2D eigenvalue weighted by Gasteiger charge is 2.71. The van der Waals surface area contributed by atoms with E-state index in [0.29, 0.717) is 18.2 Å². The molecule has 0 aromatic heterocycles. The number of piperidine rings is 3. The van der Waals surface area contributed by atoms with Gasteiger partial charge in [0.15, 0.2) is 0 Å². The molecule has 5 aliphatic heterocycles. The minimum Gasteiger partial charge on any atom is -0.332 e. The Labute approximate surface area is 198 Å². The third-order valence-corrected chi connectivity index (χ3v) is 8.80. The number of benzene rings is 2. The number of carbonyl (C=O) groups excluding carboxylic acids is 3. The van der Waals surface area contributed by atoms with E-state index in [9.17, 15) is 14.4 Å². The van der Waals surface area contributed by atoms with Crippen LogP contribution in [0.3, 0.4) is 0 Å². The molecule has 4 fully saturated rings. The maximum absolute atomic E-state index is 14.0. The van der Waals surface area contributed by atoms with Crippen LogP contribution in [0.4, 0.5) is 5.69 Å². The van der Waals surface area contributed by atoms with Crippen molar-refractivity contribution in [2.45, 2.75) is 18.5 Å². The lowest BCUT2D eigenvalue weighted by molar-refractivity contribution is -0.177. The molecule has 2 aromatic carbocycles. The van der Waals surface area contributed by atoms with E-state index in [-0.39, 0.29) is 23.6 Å². The lowest BCUT2D eigenvalue weighted by atomic mass is 9.54. The van der Waals surface area contributed by atoms with E-state index in [1.807, 2.05) is 35.2 Å². The summed E-state index contributed by atoms with van der Waals surface area (Å²) in [5.74, 6) is -1.44. The Morgan fingerprint density at radius 2 is 1.56 bits per heavy atom. The Morgan fingerprint density at radius 3 is 2.32 bits per heavy atom. The summed E-state index contributed by atoms with van der Waals surface area (Å²) in [6.45, 7) is 3.30. The SMILES string of the molecule is O=C1[C@@H]2[C@@H]3C=C[C@]4([C@@H]5C[C@@H](CN(Cc6ccccc6)C5)CN4C3=O)[C@@H]2C(=O)N1c1ccccc1. The molecule has 5 heterocycles. The zero-order valence-corrected chi connectivity index (χ0v) is 18.9. The Kier molecular flexibility index (Phi) is 4.22. The highest BCUT2D eigenvalue weighted by molar-refractivity contribution is 6.24. The minimum absolute atomic E-state index is 0.0334. The molecule has 6 nitrogen and oxygen atoms in total. The van der Waals surface area contributed by atoms with Crippen LogP contribution in [0.25, 0.3) is 0 Å². The summed E-state index contributed by atoms with van der Waals surface area (Å²) in [6, 6.07) is 19.6. The normalized spacial score (nSPS) is 36.1. The number of fused-ring (bicyclic) bond motifs is 2. The van der Waals surface area contributed by atoms with Crippen LogP contribution in [-0.4, -0.2) is 52.7 Å². The van der Waals surface area contributed by atoms with Crippen molar-refractivity contribution in [2.24, 2.45) is 29.6 Å². The first kappa shape index (κ1) is 20.2. The summed E-state index contributed by atoms with van der Waals surface area (Å²) < 4.78 is 0. The van der Waals surface area contributed by atoms with Gasteiger partial charge in [0.1, 0.15) is 0 Å². The second-order valence-corrected chi connectivity index (χ2v) is 10.6. The average Bonchev–Trinajstić information content (AvgIpc) is 3.13. The number of anilines is 1. The van der Waals surface area contributed by atoms with E-state index in [4.69, 9.17) is 0 Å². The van der Waals surface area contributed by atoms with Crippen LogP contribution in [0.15, 0.2) is 72.8 Å². The van der Waals surface area contributed by atoms with E-state index in [1.165, 1.54) is 10.5 Å². The van der Waals surface area contributed by atoms with Gasteiger partial charge < -0.3 is 4.90 Å². The first-order valence-electron chi connectivity index (χ1n) is 12.3. The van der Waals surface area contributed by atoms with Crippen molar-refractivity contribution >= 4 is 23.4 Å².